The van der Waals surface area contributed by atoms with Gasteiger partial charge in [-0.3, -0.25) is 0 Å². The van der Waals surface area contributed by atoms with Crippen LogP contribution in [0.25, 0.3) is 0 Å². The van der Waals surface area contributed by atoms with Gasteiger partial charge in [0.2, 0.25) is 0 Å². The number of rotatable bonds is 7. The molecule has 1 radical (unpaired) electrons. The molecule has 0 unspecified atom stereocenters. The fourth-order valence-electron chi connectivity index (χ4n) is 1.34. The largest absolute Gasteiger partial charge is 0.444 e. The second-order valence-electron chi connectivity index (χ2n) is 5.05. The normalized spacial score (nSPS) is 11.2. The van der Waals surface area contributed by atoms with Crippen molar-refractivity contribution in [2.75, 3.05) is 6.54 Å². The van der Waals surface area contributed by atoms with E-state index < -0.39 is 5.60 Å². The number of carbonyl (C=O) groups excluding carboxylic acids is 1. The van der Waals surface area contributed by atoms with E-state index in [1.807, 2.05) is 20.8 Å². The topological polar surface area (TPSA) is 38.3 Å². The van der Waals surface area contributed by atoms with Gasteiger partial charge in [-0.05, 0) is 27.2 Å². The summed E-state index contributed by atoms with van der Waals surface area (Å²) < 4.78 is 5.12. The molecule has 0 aromatic heterocycles. The molecule has 0 atom stereocenters. The van der Waals surface area contributed by atoms with E-state index in [9.17, 15) is 4.79 Å². The third-order valence-electron chi connectivity index (χ3n) is 2.09. The standard InChI is InChI=1S/C13H26NO2/c1-5-6-7-8-9-10-11-14-12(15)16-13(2,3)4/h1,5-11H2,2-4H3,(H,14,15). The Hall–Kier alpha value is -0.730. The lowest BCUT2D eigenvalue weighted by Crippen LogP contribution is -2.32. The molecular formula is C13H26NO2. The van der Waals surface area contributed by atoms with Crippen LogP contribution in [-0.4, -0.2) is 18.2 Å². The van der Waals surface area contributed by atoms with Crippen molar-refractivity contribution >= 4 is 6.09 Å². The first-order chi connectivity index (χ1) is 7.45. The summed E-state index contributed by atoms with van der Waals surface area (Å²) >= 11 is 0. The SMILES string of the molecule is [CH2]CCCCCCCNC(=O)OC(C)(C)C. The van der Waals surface area contributed by atoms with Gasteiger partial charge in [-0.15, -0.1) is 0 Å². The van der Waals surface area contributed by atoms with E-state index in [-0.39, 0.29) is 6.09 Å². The molecule has 95 valence electrons. The molecule has 0 saturated carbocycles. The molecule has 16 heavy (non-hydrogen) atoms. The molecule has 3 nitrogen and oxygen atoms in total. The van der Waals surface area contributed by atoms with Gasteiger partial charge in [0.1, 0.15) is 5.60 Å². The van der Waals surface area contributed by atoms with E-state index in [4.69, 9.17) is 4.74 Å². The van der Waals surface area contributed by atoms with Gasteiger partial charge in [-0.2, -0.15) is 0 Å². The molecule has 3 heteroatoms. The fourth-order valence-corrected chi connectivity index (χ4v) is 1.34. The predicted octanol–water partition coefficient (Wildman–Crippen LogP) is 3.69. The van der Waals surface area contributed by atoms with E-state index in [1.165, 1.54) is 19.3 Å². The molecular weight excluding hydrogens is 202 g/mol. The summed E-state index contributed by atoms with van der Waals surface area (Å²) in [4.78, 5) is 11.3. The van der Waals surface area contributed by atoms with Crippen molar-refractivity contribution in [3.8, 4) is 0 Å². The minimum Gasteiger partial charge on any atom is -0.444 e. The summed E-state index contributed by atoms with van der Waals surface area (Å²) in [5.74, 6) is 0. The van der Waals surface area contributed by atoms with Crippen molar-refractivity contribution in [2.45, 2.75) is 64.9 Å². The van der Waals surface area contributed by atoms with Crippen molar-refractivity contribution in [2.24, 2.45) is 0 Å². The van der Waals surface area contributed by atoms with E-state index in [2.05, 4.69) is 12.2 Å². The summed E-state index contributed by atoms with van der Waals surface area (Å²) in [7, 11) is 0. The number of carbonyl (C=O) groups is 1. The number of nitrogens with one attached hydrogen (secondary N) is 1. The van der Waals surface area contributed by atoms with Gasteiger partial charge in [0.15, 0.2) is 0 Å². The second kappa shape index (κ2) is 8.43. The third kappa shape index (κ3) is 11.3. The van der Waals surface area contributed by atoms with Crippen molar-refractivity contribution in [1.29, 1.82) is 0 Å². The Morgan fingerprint density at radius 2 is 1.69 bits per heavy atom. The summed E-state index contributed by atoms with van der Waals surface area (Å²) in [6.07, 6.45) is 6.58. The Balaban J connectivity index is 3.28. The Labute approximate surface area is 99.9 Å². The zero-order chi connectivity index (χ0) is 12.4. The summed E-state index contributed by atoms with van der Waals surface area (Å²) in [5, 5.41) is 2.76. The average Bonchev–Trinajstić information content (AvgIpc) is 2.13. The van der Waals surface area contributed by atoms with Crippen LogP contribution in [0.15, 0.2) is 0 Å². The second-order valence-corrected chi connectivity index (χ2v) is 5.05. The minimum atomic E-state index is -0.405. The van der Waals surface area contributed by atoms with Gasteiger partial charge < -0.3 is 10.1 Å². The van der Waals surface area contributed by atoms with Crippen LogP contribution >= 0.6 is 0 Å². The Kier molecular flexibility index (Phi) is 8.04. The lowest BCUT2D eigenvalue weighted by atomic mass is 10.1. The number of amides is 1. The van der Waals surface area contributed by atoms with E-state index in [0.29, 0.717) is 6.54 Å². The summed E-state index contributed by atoms with van der Waals surface area (Å²) in [6.45, 7) is 10.1. The Morgan fingerprint density at radius 1 is 1.12 bits per heavy atom. The van der Waals surface area contributed by atoms with Crippen LogP contribution < -0.4 is 5.32 Å². The lowest BCUT2D eigenvalue weighted by molar-refractivity contribution is 0.0527. The zero-order valence-electron chi connectivity index (χ0n) is 11.0. The number of unbranched alkanes of at least 4 members (excludes halogenated alkanes) is 5. The van der Waals surface area contributed by atoms with Crippen molar-refractivity contribution in [1.82, 2.24) is 5.32 Å². The molecule has 0 aliphatic heterocycles. The number of ether oxygens (including phenoxy) is 1. The number of alkyl carbamates (subject to hydrolysis) is 1. The quantitative estimate of drug-likeness (QED) is 0.675. The smallest absolute Gasteiger partial charge is 0.407 e. The molecule has 1 N–H and O–H groups in total. The van der Waals surface area contributed by atoms with E-state index >= 15 is 0 Å². The minimum absolute atomic E-state index is 0.315. The zero-order valence-corrected chi connectivity index (χ0v) is 11.0. The third-order valence-corrected chi connectivity index (χ3v) is 2.09. The maximum Gasteiger partial charge on any atom is 0.407 e. The van der Waals surface area contributed by atoms with Crippen LogP contribution in [0, 0.1) is 6.92 Å². The average molecular weight is 228 g/mol. The first kappa shape index (κ1) is 15.3. The molecule has 0 bridgehead atoms. The molecule has 0 fully saturated rings. The predicted molar refractivity (Wildman–Crippen MR) is 67.3 cm³/mol. The highest BCUT2D eigenvalue weighted by molar-refractivity contribution is 5.67. The molecule has 0 aliphatic rings. The Morgan fingerprint density at radius 3 is 2.25 bits per heavy atom. The maximum atomic E-state index is 11.3. The van der Waals surface area contributed by atoms with Crippen LogP contribution in [0.4, 0.5) is 4.79 Å². The number of hydrogen-bond donors (Lipinski definition) is 1. The van der Waals surface area contributed by atoms with Crippen LogP contribution in [0.2, 0.25) is 0 Å². The van der Waals surface area contributed by atoms with Crippen molar-refractivity contribution in [3.05, 3.63) is 6.92 Å². The van der Waals surface area contributed by atoms with Gasteiger partial charge in [0, 0.05) is 6.54 Å². The first-order valence-electron chi connectivity index (χ1n) is 6.22. The molecule has 0 rings (SSSR count). The van der Waals surface area contributed by atoms with Gasteiger partial charge in [0.25, 0.3) is 0 Å². The summed E-state index contributed by atoms with van der Waals surface area (Å²) in [5.41, 5.74) is -0.405. The molecule has 0 heterocycles. The van der Waals surface area contributed by atoms with Gasteiger partial charge in [-0.25, -0.2) is 4.79 Å². The maximum absolute atomic E-state index is 11.3. The lowest BCUT2D eigenvalue weighted by Gasteiger charge is -2.19. The van der Waals surface area contributed by atoms with Crippen LogP contribution in [0.5, 0.6) is 0 Å². The fraction of sp³-hybridized carbons (Fsp3) is 0.846. The van der Waals surface area contributed by atoms with E-state index in [1.54, 1.807) is 0 Å². The molecule has 0 saturated heterocycles. The number of hydrogen-bond acceptors (Lipinski definition) is 2. The highest BCUT2D eigenvalue weighted by Gasteiger charge is 2.15. The molecule has 0 aromatic rings. The van der Waals surface area contributed by atoms with Gasteiger partial charge in [0.05, 0.1) is 0 Å². The molecule has 1 amide bonds. The van der Waals surface area contributed by atoms with Crippen LogP contribution in [-0.2, 0) is 4.74 Å². The van der Waals surface area contributed by atoms with E-state index in [0.717, 1.165) is 19.3 Å². The van der Waals surface area contributed by atoms with Crippen molar-refractivity contribution in [3.63, 3.8) is 0 Å². The van der Waals surface area contributed by atoms with Crippen LogP contribution in [0.3, 0.4) is 0 Å². The van der Waals surface area contributed by atoms with Crippen molar-refractivity contribution < 1.29 is 9.53 Å². The monoisotopic (exact) mass is 228 g/mol. The highest BCUT2D eigenvalue weighted by atomic mass is 16.6. The Bertz CT molecular complexity index is 185. The van der Waals surface area contributed by atoms with Crippen LogP contribution in [0.1, 0.15) is 59.3 Å². The molecule has 0 aromatic carbocycles. The molecule has 0 spiro atoms. The molecule has 0 aliphatic carbocycles. The highest BCUT2D eigenvalue weighted by Crippen LogP contribution is 2.07. The first-order valence-corrected chi connectivity index (χ1v) is 6.22. The van der Waals surface area contributed by atoms with Gasteiger partial charge in [-0.1, -0.05) is 39.0 Å². The van der Waals surface area contributed by atoms with Gasteiger partial charge >= 0.3 is 6.09 Å². The summed E-state index contributed by atoms with van der Waals surface area (Å²) in [6, 6.07) is 0.